The van der Waals surface area contributed by atoms with E-state index >= 15 is 0 Å². The summed E-state index contributed by atoms with van der Waals surface area (Å²) in [6.45, 7) is 4.84. The lowest BCUT2D eigenvalue weighted by Crippen LogP contribution is -2.50. The van der Waals surface area contributed by atoms with E-state index in [0.717, 1.165) is 12.0 Å². The van der Waals surface area contributed by atoms with Gasteiger partial charge in [-0.25, -0.2) is 4.79 Å². The smallest absolute Gasteiger partial charge is 0.410 e. The number of methoxy groups -OCH3 is 1. The molecule has 1 heterocycles. The third-order valence-corrected chi connectivity index (χ3v) is 4.19. The molecule has 0 bridgehead atoms. The number of benzene rings is 1. The SMILES string of the molecule is C=CC[C@@]1(C(=O)OC)CCCN(C(=O)OCc2ccccc2)C1. The summed E-state index contributed by atoms with van der Waals surface area (Å²) in [5.41, 5.74) is 0.226. The molecule has 1 aromatic carbocycles. The van der Waals surface area contributed by atoms with Crippen LogP contribution in [0.3, 0.4) is 0 Å². The summed E-state index contributed by atoms with van der Waals surface area (Å²) in [5, 5.41) is 0. The zero-order chi connectivity index (χ0) is 16.7. The van der Waals surface area contributed by atoms with Gasteiger partial charge in [-0.2, -0.15) is 0 Å². The van der Waals surface area contributed by atoms with E-state index in [-0.39, 0.29) is 12.6 Å². The summed E-state index contributed by atoms with van der Waals surface area (Å²) in [6.07, 6.45) is 3.22. The first-order chi connectivity index (χ1) is 11.1. The van der Waals surface area contributed by atoms with Crippen LogP contribution in [0.1, 0.15) is 24.8 Å². The van der Waals surface area contributed by atoms with Crippen molar-refractivity contribution in [3.63, 3.8) is 0 Å². The number of carbonyl (C=O) groups is 2. The van der Waals surface area contributed by atoms with Gasteiger partial charge in [-0.05, 0) is 24.8 Å². The number of rotatable bonds is 5. The molecule has 1 aromatic rings. The Hall–Kier alpha value is -2.30. The number of nitrogens with zero attached hydrogens (tertiary/aromatic N) is 1. The molecule has 23 heavy (non-hydrogen) atoms. The fourth-order valence-corrected chi connectivity index (χ4v) is 3.01. The highest BCUT2D eigenvalue weighted by Crippen LogP contribution is 2.35. The molecule has 0 radical (unpaired) electrons. The second kappa shape index (κ2) is 7.81. The first kappa shape index (κ1) is 17.1. The van der Waals surface area contributed by atoms with Gasteiger partial charge in [0.1, 0.15) is 6.61 Å². The van der Waals surface area contributed by atoms with Gasteiger partial charge in [-0.1, -0.05) is 36.4 Å². The van der Waals surface area contributed by atoms with E-state index in [0.29, 0.717) is 25.9 Å². The maximum Gasteiger partial charge on any atom is 0.410 e. The van der Waals surface area contributed by atoms with Gasteiger partial charge in [0.2, 0.25) is 0 Å². The Morgan fingerprint density at radius 1 is 1.35 bits per heavy atom. The Balaban J connectivity index is 2.00. The minimum atomic E-state index is -0.708. The highest BCUT2D eigenvalue weighted by Gasteiger charge is 2.43. The fraction of sp³-hybridized carbons (Fsp3) is 0.444. The predicted octanol–water partition coefficient (Wildman–Crippen LogP) is 3.15. The average Bonchev–Trinajstić information content (AvgIpc) is 2.60. The second-order valence-electron chi connectivity index (χ2n) is 5.83. The largest absolute Gasteiger partial charge is 0.469 e. The molecule has 124 valence electrons. The Morgan fingerprint density at radius 2 is 2.09 bits per heavy atom. The average molecular weight is 317 g/mol. The molecule has 0 aromatic heterocycles. The van der Waals surface area contributed by atoms with Crippen LogP contribution in [0.4, 0.5) is 4.79 Å². The van der Waals surface area contributed by atoms with Crippen molar-refractivity contribution in [2.45, 2.75) is 25.9 Å². The molecule has 0 aliphatic carbocycles. The van der Waals surface area contributed by atoms with Crippen LogP contribution in [0.2, 0.25) is 0 Å². The molecule has 5 heteroatoms. The summed E-state index contributed by atoms with van der Waals surface area (Å²) in [7, 11) is 1.37. The molecule has 1 fully saturated rings. The van der Waals surface area contributed by atoms with Gasteiger partial charge in [0.15, 0.2) is 0 Å². The van der Waals surface area contributed by atoms with Crippen molar-refractivity contribution in [1.29, 1.82) is 0 Å². The second-order valence-corrected chi connectivity index (χ2v) is 5.83. The number of piperidine rings is 1. The molecule has 0 spiro atoms. The van der Waals surface area contributed by atoms with Gasteiger partial charge in [0.05, 0.1) is 12.5 Å². The number of allylic oxidation sites excluding steroid dienone is 1. The van der Waals surface area contributed by atoms with E-state index in [9.17, 15) is 9.59 Å². The Labute approximate surface area is 136 Å². The van der Waals surface area contributed by atoms with Crippen LogP contribution in [-0.2, 0) is 20.9 Å². The molecular formula is C18H23NO4. The summed E-state index contributed by atoms with van der Waals surface area (Å²) < 4.78 is 10.3. The van der Waals surface area contributed by atoms with Gasteiger partial charge in [0, 0.05) is 13.1 Å². The highest BCUT2D eigenvalue weighted by molar-refractivity contribution is 5.79. The monoisotopic (exact) mass is 317 g/mol. The zero-order valence-electron chi connectivity index (χ0n) is 13.5. The summed E-state index contributed by atoms with van der Waals surface area (Å²) in [6, 6.07) is 9.52. The van der Waals surface area contributed by atoms with E-state index in [1.165, 1.54) is 7.11 Å². The molecular weight excluding hydrogens is 294 g/mol. The van der Waals surface area contributed by atoms with Crippen molar-refractivity contribution in [2.24, 2.45) is 5.41 Å². The van der Waals surface area contributed by atoms with Crippen LogP contribution in [0.5, 0.6) is 0 Å². The number of amides is 1. The lowest BCUT2D eigenvalue weighted by atomic mass is 9.77. The molecule has 1 atom stereocenters. The van der Waals surface area contributed by atoms with Crippen molar-refractivity contribution in [2.75, 3.05) is 20.2 Å². The summed E-state index contributed by atoms with van der Waals surface area (Å²) in [5.74, 6) is -0.294. The highest BCUT2D eigenvalue weighted by atomic mass is 16.6. The number of ether oxygens (including phenoxy) is 2. The summed E-state index contributed by atoms with van der Waals surface area (Å²) >= 11 is 0. The first-order valence-electron chi connectivity index (χ1n) is 7.76. The topological polar surface area (TPSA) is 55.8 Å². The number of hydrogen-bond acceptors (Lipinski definition) is 4. The quantitative estimate of drug-likeness (QED) is 0.618. The number of carbonyl (C=O) groups excluding carboxylic acids is 2. The van der Waals surface area contributed by atoms with Crippen LogP contribution in [0.25, 0.3) is 0 Å². The maximum atomic E-state index is 12.3. The Bertz CT molecular complexity index is 557. The normalized spacial score (nSPS) is 20.7. The van der Waals surface area contributed by atoms with Crippen LogP contribution < -0.4 is 0 Å². The molecule has 0 N–H and O–H groups in total. The van der Waals surface area contributed by atoms with Crippen LogP contribution >= 0.6 is 0 Å². The van der Waals surface area contributed by atoms with Crippen molar-refractivity contribution >= 4 is 12.1 Å². The standard InChI is InChI=1S/C18H23NO4/c1-3-10-18(16(20)22-2)11-7-12-19(14-18)17(21)23-13-15-8-5-4-6-9-15/h3-6,8-9H,1,7,10-14H2,2H3/t18-/m1/s1. The lowest BCUT2D eigenvalue weighted by Gasteiger charge is -2.39. The van der Waals surface area contributed by atoms with Gasteiger partial charge in [-0.3, -0.25) is 4.79 Å². The van der Waals surface area contributed by atoms with Crippen LogP contribution in [0, 0.1) is 5.41 Å². The van der Waals surface area contributed by atoms with Gasteiger partial charge < -0.3 is 14.4 Å². The molecule has 0 saturated carbocycles. The molecule has 1 aliphatic rings. The van der Waals surface area contributed by atoms with Gasteiger partial charge in [-0.15, -0.1) is 6.58 Å². The zero-order valence-corrected chi connectivity index (χ0v) is 13.5. The summed E-state index contributed by atoms with van der Waals surface area (Å²) in [4.78, 5) is 26.1. The van der Waals surface area contributed by atoms with Crippen LogP contribution in [0.15, 0.2) is 43.0 Å². The molecule has 2 rings (SSSR count). The van der Waals surface area contributed by atoms with Crippen molar-refractivity contribution in [1.82, 2.24) is 4.90 Å². The van der Waals surface area contributed by atoms with E-state index < -0.39 is 11.5 Å². The molecule has 1 amide bonds. The third-order valence-electron chi connectivity index (χ3n) is 4.19. The molecule has 1 saturated heterocycles. The number of likely N-dealkylation sites (tertiary alicyclic amines) is 1. The van der Waals surface area contributed by atoms with Gasteiger partial charge in [0.25, 0.3) is 0 Å². The van der Waals surface area contributed by atoms with Crippen LogP contribution in [-0.4, -0.2) is 37.2 Å². The maximum absolute atomic E-state index is 12.3. The van der Waals surface area contributed by atoms with E-state index in [1.54, 1.807) is 11.0 Å². The van der Waals surface area contributed by atoms with E-state index in [2.05, 4.69) is 6.58 Å². The number of hydrogen-bond donors (Lipinski definition) is 0. The third kappa shape index (κ3) is 4.12. The van der Waals surface area contributed by atoms with Gasteiger partial charge >= 0.3 is 12.1 Å². The predicted molar refractivity (Wildman–Crippen MR) is 86.7 cm³/mol. The molecule has 5 nitrogen and oxygen atoms in total. The van der Waals surface area contributed by atoms with Crippen molar-refractivity contribution < 1.29 is 19.1 Å². The van der Waals surface area contributed by atoms with E-state index in [1.807, 2.05) is 30.3 Å². The molecule has 1 aliphatic heterocycles. The van der Waals surface area contributed by atoms with Crippen molar-refractivity contribution in [3.8, 4) is 0 Å². The minimum Gasteiger partial charge on any atom is -0.469 e. The first-order valence-corrected chi connectivity index (χ1v) is 7.76. The Morgan fingerprint density at radius 3 is 2.74 bits per heavy atom. The Kier molecular flexibility index (Phi) is 5.79. The fourth-order valence-electron chi connectivity index (χ4n) is 3.01. The van der Waals surface area contributed by atoms with E-state index in [4.69, 9.17) is 9.47 Å². The lowest BCUT2D eigenvalue weighted by molar-refractivity contribution is -0.155. The van der Waals surface area contributed by atoms with Crippen molar-refractivity contribution in [3.05, 3.63) is 48.6 Å². The number of esters is 1. The molecule has 0 unspecified atom stereocenters. The minimum absolute atomic E-state index is 0.225.